The van der Waals surface area contributed by atoms with Crippen LogP contribution in [0.15, 0.2) is 24.4 Å². The predicted molar refractivity (Wildman–Crippen MR) is 75.0 cm³/mol. The number of rotatable bonds is 7. The molecule has 0 aliphatic rings. The molecule has 1 aromatic heterocycles. The molecule has 1 aromatic rings. The number of nitrogens with one attached hydrogen (secondary N) is 1. The van der Waals surface area contributed by atoms with Gasteiger partial charge in [0.2, 0.25) is 0 Å². The summed E-state index contributed by atoms with van der Waals surface area (Å²) in [4.78, 5) is 15.5. The molecule has 1 atom stereocenters. The lowest BCUT2D eigenvalue weighted by atomic mass is 10.2. The molecule has 0 aliphatic heterocycles. The molecule has 0 saturated carbocycles. The van der Waals surface area contributed by atoms with Gasteiger partial charge in [0.1, 0.15) is 0 Å². The molecule has 0 fully saturated rings. The summed E-state index contributed by atoms with van der Waals surface area (Å²) in [5.74, 6) is 0. The Morgan fingerprint density at radius 2 is 2.39 bits per heavy atom. The summed E-state index contributed by atoms with van der Waals surface area (Å²) in [6, 6.07) is 5.76. The second-order valence-electron chi connectivity index (χ2n) is 4.05. The molecule has 0 radical (unpaired) electrons. The van der Waals surface area contributed by atoms with Gasteiger partial charge in [-0.15, -0.1) is 0 Å². The maximum absolute atomic E-state index is 11.3. The second-order valence-corrected chi connectivity index (χ2v) is 4.78. The van der Waals surface area contributed by atoms with Crippen molar-refractivity contribution in [1.82, 2.24) is 10.3 Å². The Kier molecular flexibility index (Phi) is 7.25. The van der Waals surface area contributed by atoms with Gasteiger partial charge in [0.05, 0.1) is 6.61 Å². The summed E-state index contributed by atoms with van der Waals surface area (Å²) in [6.45, 7) is 3.00. The molecule has 4 nitrogen and oxygen atoms in total. The van der Waals surface area contributed by atoms with Gasteiger partial charge in [-0.2, -0.15) is 12.6 Å². The van der Waals surface area contributed by atoms with E-state index in [1.54, 1.807) is 6.20 Å². The van der Waals surface area contributed by atoms with Crippen molar-refractivity contribution in [2.75, 3.05) is 13.2 Å². The highest BCUT2D eigenvalue weighted by Crippen LogP contribution is 2.04. The molecule has 0 aromatic carbocycles. The van der Waals surface area contributed by atoms with Crippen LogP contribution in [0.3, 0.4) is 0 Å². The molecule has 0 aliphatic carbocycles. The molecule has 1 rings (SSSR count). The van der Waals surface area contributed by atoms with E-state index in [2.05, 4.69) is 29.9 Å². The Bertz CT molecular complexity index is 346. The molecular weight excluding hydrogens is 248 g/mol. The van der Waals surface area contributed by atoms with Crippen LogP contribution in [0, 0.1) is 0 Å². The summed E-state index contributed by atoms with van der Waals surface area (Å²) in [5, 5.41) is 2.74. The number of unbranched alkanes of at least 4 members (excludes halogenated alkanes) is 1. The summed E-state index contributed by atoms with van der Waals surface area (Å²) in [7, 11) is 0. The van der Waals surface area contributed by atoms with Crippen LogP contribution in [0.5, 0.6) is 0 Å². The van der Waals surface area contributed by atoms with E-state index in [1.807, 2.05) is 18.2 Å². The normalized spacial score (nSPS) is 11.9. The van der Waals surface area contributed by atoms with E-state index < -0.39 is 0 Å². The van der Waals surface area contributed by atoms with Crippen molar-refractivity contribution in [3.8, 4) is 0 Å². The number of carbonyl (C=O) groups is 1. The van der Waals surface area contributed by atoms with Gasteiger partial charge >= 0.3 is 6.09 Å². The maximum Gasteiger partial charge on any atom is 0.407 e. The number of pyridine rings is 1. The highest BCUT2D eigenvalue weighted by atomic mass is 32.1. The fourth-order valence-electron chi connectivity index (χ4n) is 1.39. The highest BCUT2D eigenvalue weighted by Gasteiger charge is 2.08. The number of aromatic nitrogens is 1. The number of amides is 1. The van der Waals surface area contributed by atoms with Gasteiger partial charge in [0.25, 0.3) is 0 Å². The van der Waals surface area contributed by atoms with Gasteiger partial charge in [-0.05, 0) is 18.6 Å². The van der Waals surface area contributed by atoms with Crippen molar-refractivity contribution >= 4 is 18.7 Å². The van der Waals surface area contributed by atoms with E-state index in [1.165, 1.54) is 0 Å². The van der Waals surface area contributed by atoms with E-state index in [9.17, 15) is 4.79 Å². The van der Waals surface area contributed by atoms with Crippen LogP contribution in [0.25, 0.3) is 0 Å². The van der Waals surface area contributed by atoms with E-state index in [-0.39, 0.29) is 11.3 Å². The molecule has 0 spiro atoms. The summed E-state index contributed by atoms with van der Waals surface area (Å²) in [5.41, 5.74) is 0.971. The third kappa shape index (κ3) is 6.49. The Morgan fingerprint density at radius 3 is 3.06 bits per heavy atom. The Labute approximate surface area is 114 Å². The minimum absolute atomic E-state index is 0.0404. The molecule has 100 valence electrons. The van der Waals surface area contributed by atoms with Gasteiger partial charge < -0.3 is 10.1 Å². The number of hydrogen-bond acceptors (Lipinski definition) is 4. The van der Waals surface area contributed by atoms with Gasteiger partial charge in [-0.3, -0.25) is 4.98 Å². The average molecular weight is 268 g/mol. The number of ether oxygens (including phenoxy) is 1. The third-order valence-corrected chi connectivity index (χ3v) is 2.75. The van der Waals surface area contributed by atoms with Crippen molar-refractivity contribution in [2.45, 2.75) is 31.4 Å². The van der Waals surface area contributed by atoms with E-state index in [0.717, 1.165) is 25.0 Å². The van der Waals surface area contributed by atoms with E-state index in [4.69, 9.17) is 4.74 Å². The molecule has 5 heteroatoms. The topological polar surface area (TPSA) is 51.2 Å². The SMILES string of the molecule is CCCCOC(=O)NCC(S)Cc1ccccn1. The zero-order chi connectivity index (χ0) is 13.2. The molecule has 1 unspecified atom stereocenters. The van der Waals surface area contributed by atoms with Gasteiger partial charge in [0, 0.05) is 30.1 Å². The summed E-state index contributed by atoms with van der Waals surface area (Å²) < 4.78 is 4.98. The highest BCUT2D eigenvalue weighted by molar-refractivity contribution is 7.81. The first-order valence-corrected chi connectivity index (χ1v) is 6.72. The number of alkyl carbamates (subject to hydrolysis) is 1. The fraction of sp³-hybridized carbons (Fsp3) is 0.538. The predicted octanol–water partition coefficient (Wildman–Crippen LogP) is 2.45. The third-order valence-electron chi connectivity index (χ3n) is 2.38. The van der Waals surface area contributed by atoms with Crippen molar-refractivity contribution in [2.24, 2.45) is 0 Å². The molecule has 1 N–H and O–H groups in total. The molecule has 1 amide bonds. The monoisotopic (exact) mass is 268 g/mol. The van der Waals surface area contributed by atoms with Crippen LogP contribution in [0.1, 0.15) is 25.5 Å². The van der Waals surface area contributed by atoms with Crippen molar-refractivity contribution < 1.29 is 9.53 Å². The number of thiol groups is 1. The van der Waals surface area contributed by atoms with E-state index in [0.29, 0.717) is 13.2 Å². The summed E-state index contributed by atoms with van der Waals surface area (Å²) in [6.07, 6.45) is 4.01. The number of carbonyl (C=O) groups excluding carboxylic acids is 1. The van der Waals surface area contributed by atoms with Gasteiger partial charge in [-0.1, -0.05) is 19.4 Å². The van der Waals surface area contributed by atoms with Crippen LogP contribution >= 0.6 is 12.6 Å². The quantitative estimate of drug-likeness (QED) is 0.590. The molecule has 0 saturated heterocycles. The van der Waals surface area contributed by atoms with Crippen LogP contribution in [-0.4, -0.2) is 29.5 Å². The lowest BCUT2D eigenvalue weighted by Gasteiger charge is -2.11. The van der Waals surface area contributed by atoms with Crippen molar-refractivity contribution in [3.05, 3.63) is 30.1 Å². The lowest BCUT2D eigenvalue weighted by molar-refractivity contribution is 0.144. The smallest absolute Gasteiger partial charge is 0.407 e. The Balaban J connectivity index is 2.17. The zero-order valence-corrected chi connectivity index (χ0v) is 11.5. The van der Waals surface area contributed by atoms with Crippen molar-refractivity contribution in [1.29, 1.82) is 0 Å². The van der Waals surface area contributed by atoms with Crippen LogP contribution in [0.2, 0.25) is 0 Å². The van der Waals surface area contributed by atoms with Crippen LogP contribution in [-0.2, 0) is 11.2 Å². The lowest BCUT2D eigenvalue weighted by Crippen LogP contribution is -2.31. The molecule has 18 heavy (non-hydrogen) atoms. The number of hydrogen-bond donors (Lipinski definition) is 2. The summed E-state index contributed by atoms with van der Waals surface area (Å²) >= 11 is 4.42. The minimum Gasteiger partial charge on any atom is -0.450 e. The van der Waals surface area contributed by atoms with E-state index >= 15 is 0 Å². The first-order chi connectivity index (χ1) is 8.72. The van der Waals surface area contributed by atoms with Gasteiger partial charge in [-0.25, -0.2) is 4.79 Å². The fourth-order valence-corrected chi connectivity index (χ4v) is 1.67. The molecule has 0 bridgehead atoms. The van der Waals surface area contributed by atoms with Crippen LogP contribution in [0.4, 0.5) is 4.79 Å². The maximum atomic E-state index is 11.3. The number of nitrogens with zero attached hydrogens (tertiary/aromatic N) is 1. The Hall–Kier alpha value is -1.23. The largest absolute Gasteiger partial charge is 0.450 e. The first-order valence-electron chi connectivity index (χ1n) is 6.21. The van der Waals surface area contributed by atoms with Crippen LogP contribution < -0.4 is 5.32 Å². The minimum atomic E-state index is -0.372. The molecule has 1 heterocycles. The molecular formula is C13H20N2O2S. The first kappa shape index (κ1) is 14.8. The average Bonchev–Trinajstić information content (AvgIpc) is 2.38. The second kappa shape index (κ2) is 8.80. The standard InChI is InChI=1S/C13H20N2O2S/c1-2-3-8-17-13(16)15-10-12(18)9-11-6-4-5-7-14-11/h4-7,12,18H,2-3,8-10H2,1H3,(H,15,16). The zero-order valence-electron chi connectivity index (χ0n) is 10.6. The Morgan fingerprint density at radius 1 is 1.56 bits per heavy atom. The van der Waals surface area contributed by atoms with Crippen molar-refractivity contribution in [3.63, 3.8) is 0 Å². The van der Waals surface area contributed by atoms with Gasteiger partial charge in [0.15, 0.2) is 0 Å².